The SMILES string of the molecule is CC(C)c1c(-c2cc(F)cc3[nH]ccc23)[nH]c(C(=O)O)c1-c1ccnc2[nH]c(-c3ccccc3)cc12. The van der Waals surface area contributed by atoms with E-state index in [0.29, 0.717) is 28.0 Å². The van der Waals surface area contributed by atoms with E-state index in [1.54, 1.807) is 12.4 Å². The zero-order valence-electron chi connectivity index (χ0n) is 19.7. The second kappa shape index (κ2) is 8.23. The molecule has 4 N–H and O–H groups in total. The summed E-state index contributed by atoms with van der Waals surface area (Å²) < 4.78 is 14.6. The highest BCUT2D eigenvalue weighted by Gasteiger charge is 2.28. The Morgan fingerprint density at radius 2 is 1.78 bits per heavy atom. The summed E-state index contributed by atoms with van der Waals surface area (Å²) in [7, 11) is 0. The van der Waals surface area contributed by atoms with Crippen molar-refractivity contribution in [3.8, 4) is 33.6 Å². The molecule has 0 radical (unpaired) electrons. The highest BCUT2D eigenvalue weighted by atomic mass is 19.1. The average molecular weight is 479 g/mol. The number of aromatic amines is 3. The van der Waals surface area contributed by atoms with Gasteiger partial charge >= 0.3 is 5.97 Å². The van der Waals surface area contributed by atoms with Crippen LogP contribution in [-0.4, -0.2) is 31.0 Å². The van der Waals surface area contributed by atoms with Gasteiger partial charge in [-0.15, -0.1) is 0 Å². The number of nitrogens with one attached hydrogen (secondary N) is 3. The Balaban J connectivity index is 1.67. The van der Waals surface area contributed by atoms with E-state index in [4.69, 9.17) is 0 Å². The first-order valence-corrected chi connectivity index (χ1v) is 11.7. The molecule has 0 saturated carbocycles. The molecule has 0 amide bonds. The van der Waals surface area contributed by atoms with Crippen molar-refractivity contribution in [1.29, 1.82) is 0 Å². The first kappa shape index (κ1) is 21.9. The second-order valence-electron chi connectivity index (χ2n) is 9.19. The number of halogens is 1. The fraction of sp³-hybridized carbons (Fsp3) is 0.103. The Bertz CT molecular complexity index is 1760. The molecule has 0 saturated heterocycles. The lowest BCUT2D eigenvalue weighted by Crippen LogP contribution is -2.00. The van der Waals surface area contributed by atoms with Crippen molar-refractivity contribution in [2.24, 2.45) is 0 Å². The van der Waals surface area contributed by atoms with Gasteiger partial charge in [-0.2, -0.15) is 0 Å². The Morgan fingerprint density at radius 3 is 2.53 bits per heavy atom. The average Bonchev–Trinajstić information content (AvgIpc) is 3.60. The standard InChI is InChI=1S/C29H23FN4O2/c1-15(2)24-25(19-9-11-32-28-21(19)14-22(33-28)16-6-4-3-5-7-16)27(29(35)36)34-26(24)20-12-17(30)13-23-18(20)8-10-31-23/h3-15,31,34H,1-2H3,(H,32,33)(H,35,36). The Labute approximate surface area is 205 Å². The molecule has 7 heteroatoms. The van der Waals surface area contributed by atoms with Crippen LogP contribution in [0.2, 0.25) is 0 Å². The predicted molar refractivity (Wildman–Crippen MR) is 140 cm³/mol. The van der Waals surface area contributed by atoms with Gasteiger partial charge in [0.1, 0.15) is 17.2 Å². The van der Waals surface area contributed by atoms with Gasteiger partial charge in [-0.05, 0) is 52.9 Å². The second-order valence-corrected chi connectivity index (χ2v) is 9.19. The number of aromatic nitrogens is 4. The lowest BCUT2D eigenvalue weighted by molar-refractivity contribution is 0.0692. The van der Waals surface area contributed by atoms with Crippen molar-refractivity contribution >= 4 is 27.9 Å². The molecule has 0 aliphatic rings. The van der Waals surface area contributed by atoms with E-state index in [1.165, 1.54) is 12.1 Å². The molecule has 6 nitrogen and oxygen atoms in total. The number of fused-ring (bicyclic) bond motifs is 2. The molecule has 0 unspecified atom stereocenters. The molecule has 0 aliphatic heterocycles. The number of benzene rings is 2. The molecule has 0 bridgehead atoms. The van der Waals surface area contributed by atoms with Crippen LogP contribution in [0.4, 0.5) is 4.39 Å². The summed E-state index contributed by atoms with van der Waals surface area (Å²) in [5, 5.41) is 11.9. The summed E-state index contributed by atoms with van der Waals surface area (Å²) in [6.07, 6.45) is 3.43. The molecule has 0 fully saturated rings. The lowest BCUT2D eigenvalue weighted by atomic mass is 9.89. The normalized spacial score (nSPS) is 11.7. The van der Waals surface area contributed by atoms with Crippen molar-refractivity contribution in [1.82, 2.24) is 19.9 Å². The molecule has 0 spiro atoms. The van der Waals surface area contributed by atoms with Crippen LogP contribution in [0.25, 0.3) is 55.6 Å². The summed E-state index contributed by atoms with van der Waals surface area (Å²) in [6.45, 7) is 4.03. The third kappa shape index (κ3) is 3.40. The number of hydrogen-bond donors (Lipinski definition) is 4. The first-order chi connectivity index (χ1) is 17.4. The lowest BCUT2D eigenvalue weighted by Gasteiger charge is -2.13. The van der Waals surface area contributed by atoms with Gasteiger partial charge in [0.05, 0.1) is 5.69 Å². The smallest absolute Gasteiger partial charge is 0.352 e. The maximum absolute atomic E-state index is 14.6. The molecule has 4 heterocycles. The first-order valence-electron chi connectivity index (χ1n) is 11.7. The van der Waals surface area contributed by atoms with Gasteiger partial charge < -0.3 is 20.1 Å². The largest absolute Gasteiger partial charge is 0.477 e. The van der Waals surface area contributed by atoms with Crippen LogP contribution < -0.4 is 0 Å². The van der Waals surface area contributed by atoms with Gasteiger partial charge in [0, 0.05) is 45.5 Å². The number of pyridine rings is 1. The summed E-state index contributed by atoms with van der Waals surface area (Å²) in [6, 6.07) is 18.5. The molecule has 0 aliphatic carbocycles. The van der Waals surface area contributed by atoms with E-state index >= 15 is 0 Å². The molecular weight excluding hydrogens is 455 g/mol. The number of carbonyl (C=O) groups is 1. The third-order valence-electron chi connectivity index (χ3n) is 6.62. The number of hydrogen-bond acceptors (Lipinski definition) is 2. The Hall–Kier alpha value is -4.65. The van der Waals surface area contributed by atoms with Crippen molar-refractivity contribution in [2.75, 3.05) is 0 Å². The fourth-order valence-corrected chi connectivity index (χ4v) is 5.10. The van der Waals surface area contributed by atoms with E-state index < -0.39 is 11.8 Å². The fourth-order valence-electron chi connectivity index (χ4n) is 5.10. The van der Waals surface area contributed by atoms with Crippen LogP contribution in [-0.2, 0) is 0 Å². The number of aromatic carboxylic acids is 1. The number of H-pyrrole nitrogens is 3. The van der Waals surface area contributed by atoms with Crippen molar-refractivity contribution in [3.05, 3.63) is 90.1 Å². The zero-order valence-corrected chi connectivity index (χ0v) is 19.7. The monoisotopic (exact) mass is 478 g/mol. The topological polar surface area (TPSA) is 97.6 Å². The molecule has 178 valence electrons. The highest BCUT2D eigenvalue weighted by Crippen LogP contribution is 2.44. The summed E-state index contributed by atoms with van der Waals surface area (Å²) >= 11 is 0. The van der Waals surface area contributed by atoms with Crippen LogP contribution in [0, 0.1) is 5.82 Å². The van der Waals surface area contributed by atoms with Crippen LogP contribution in [0.15, 0.2) is 73.1 Å². The summed E-state index contributed by atoms with van der Waals surface area (Å²) in [4.78, 5) is 26.6. The van der Waals surface area contributed by atoms with E-state index in [-0.39, 0.29) is 11.6 Å². The van der Waals surface area contributed by atoms with E-state index in [1.807, 2.05) is 62.4 Å². The van der Waals surface area contributed by atoms with Crippen LogP contribution in [0.5, 0.6) is 0 Å². The van der Waals surface area contributed by atoms with Crippen molar-refractivity contribution in [3.63, 3.8) is 0 Å². The molecule has 0 atom stereocenters. The van der Waals surface area contributed by atoms with Gasteiger partial charge in [0.25, 0.3) is 0 Å². The van der Waals surface area contributed by atoms with Gasteiger partial charge in [-0.25, -0.2) is 14.2 Å². The minimum atomic E-state index is -1.08. The molecule has 36 heavy (non-hydrogen) atoms. The van der Waals surface area contributed by atoms with E-state index in [0.717, 1.165) is 33.2 Å². The van der Waals surface area contributed by atoms with Gasteiger partial charge in [-0.3, -0.25) is 0 Å². The van der Waals surface area contributed by atoms with Crippen LogP contribution >= 0.6 is 0 Å². The number of carboxylic acid groups (broad SMARTS) is 1. The maximum atomic E-state index is 14.6. The van der Waals surface area contributed by atoms with Crippen LogP contribution in [0.1, 0.15) is 35.8 Å². The molecule has 2 aromatic carbocycles. The van der Waals surface area contributed by atoms with Gasteiger partial charge in [0.2, 0.25) is 0 Å². The number of rotatable bonds is 5. The van der Waals surface area contributed by atoms with Gasteiger partial charge in [0.15, 0.2) is 0 Å². The molecule has 6 rings (SSSR count). The van der Waals surface area contributed by atoms with Crippen LogP contribution in [0.3, 0.4) is 0 Å². The molecular formula is C29H23FN4O2. The maximum Gasteiger partial charge on any atom is 0.352 e. The summed E-state index contributed by atoms with van der Waals surface area (Å²) in [5.41, 5.74) is 6.66. The Morgan fingerprint density at radius 1 is 0.972 bits per heavy atom. The minimum absolute atomic E-state index is 0.0487. The third-order valence-corrected chi connectivity index (χ3v) is 6.62. The van der Waals surface area contributed by atoms with Gasteiger partial charge in [-0.1, -0.05) is 44.2 Å². The number of carboxylic acids is 1. The Kier molecular flexibility index (Phi) is 5.00. The van der Waals surface area contributed by atoms with E-state index in [9.17, 15) is 14.3 Å². The predicted octanol–water partition coefficient (Wildman–Crippen LogP) is 7.33. The van der Waals surface area contributed by atoms with E-state index in [2.05, 4.69) is 19.9 Å². The molecule has 6 aromatic rings. The minimum Gasteiger partial charge on any atom is -0.477 e. The highest BCUT2D eigenvalue weighted by molar-refractivity contribution is 6.07. The quantitative estimate of drug-likeness (QED) is 0.209. The zero-order chi connectivity index (χ0) is 25.0. The summed E-state index contributed by atoms with van der Waals surface area (Å²) in [5.74, 6) is -1.52. The number of nitrogens with zero attached hydrogens (tertiary/aromatic N) is 1. The van der Waals surface area contributed by atoms with Crippen molar-refractivity contribution in [2.45, 2.75) is 19.8 Å². The van der Waals surface area contributed by atoms with Crippen molar-refractivity contribution < 1.29 is 14.3 Å². The molecule has 4 aromatic heterocycles.